The highest BCUT2D eigenvalue weighted by Gasteiger charge is 2.19. The summed E-state index contributed by atoms with van der Waals surface area (Å²) in [6, 6.07) is 5.36. The summed E-state index contributed by atoms with van der Waals surface area (Å²) in [4.78, 5) is 25.1. The van der Waals surface area contributed by atoms with Crippen LogP contribution in [0.25, 0.3) is 0 Å². The zero-order valence-corrected chi connectivity index (χ0v) is 13.7. The van der Waals surface area contributed by atoms with Crippen LogP contribution in [0.1, 0.15) is 40.6 Å². The van der Waals surface area contributed by atoms with Gasteiger partial charge in [0.1, 0.15) is 16.5 Å². The molecule has 2 aromatic heterocycles. The highest BCUT2D eigenvalue weighted by Crippen LogP contribution is 2.29. The van der Waals surface area contributed by atoms with E-state index in [-0.39, 0.29) is 12.3 Å². The molecular weight excluding hydrogens is 302 g/mol. The number of carbonyl (C=O) groups is 2. The van der Waals surface area contributed by atoms with Gasteiger partial charge in [-0.05, 0) is 38.5 Å². The van der Waals surface area contributed by atoms with E-state index in [1.54, 1.807) is 19.1 Å². The van der Waals surface area contributed by atoms with Gasteiger partial charge in [0.25, 0.3) is 0 Å². The van der Waals surface area contributed by atoms with Crippen molar-refractivity contribution in [1.29, 1.82) is 0 Å². The molecule has 0 bridgehead atoms. The van der Waals surface area contributed by atoms with Crippen molar-refractivity contribution >= 4 is 28.2 Å². The summed E-state index contributed by atoms with van der Waals surface area (Å²) in [5.74, 6) is 0.728. The van der Waals surface area contributed by atoms with Gasteiger partial charge in [-0.2, -0.15) is 0 Å². The Bertz CT molecular complexity index is 671. The van der Waals surface area contributed by atoms with E-state index in [0.29, 0.717) is 22.9 Å². The normalized spacial score (nSPS) is 10.5. The lowest BCUT2D eigenvalue weighted by Crippen LogP contribution is -2.15. The smallest absolute Gasteiger partial charge is 0.341 e. The molecule has 2 rings (SSSR count). The van der Waals surface area contributed by atoms with Gasteiger partial charge in [0, 0.05) is 4.88 Å². The molecule has 0 atom stereocenters. The number of rotatable bonds is 6. The minimum Gasteiger partial charge on any atom is -0.466 e. The van der Waals surface area contributed by atoms with Gasteiger partial charge in [0.05, 0.1) is 18.6 Å². The number of esters is 1. The van der Waals surface area contributed by atoms with Crippen molar-refractivity contribution in [2.45, 2.75) is 33.6 Å². The molecule has 1 amide bonds. The highest BCUT2D eigenvalue weighted by molar-refractivity contribution is 7.16. The second-order valence-corrected chi connectivity index (χ2v) is 5.90. The minimum atomic E-state index is -0.414. The van der Waals surface area contributed by atoms with Crippen molar-refractivity contribution in [3.8, 4) is 0 Å². The maximum Gasteiger partial charge on any atom is 0.341 e. The van der Waals surface area contributed by atoms with Gasteiger partial charge in [-0.15, -0.1) is 11.3 Å². The predicted molar refractivity (Wildman–Crippen MR) is 85.4 cm³/mol. The van der Waals surface area contributed by atoms with E-state index < -0.39 is 5.97 Å². The molecular formula is C16H19NO4S. The topological polar surface area (TPSA) is 68.5 Å². The minimum absolute atomic E-state index is 0.134. The fraction of sp³-hybridized carbons (Fsp3) is 0.375. The van der Waals surface area contributed by atoms with Crippen LogP contribution in [0, 0.1) is 6.92 Å². The fourth-order valence-electron chi connectivity index (χ4n) is 1.98. The van der Waals surface area contributed by atoms with Crippen LogP contribution >= 0.6 is 11.3 Å². The van der Waals surface area contributed by atoms with Crippen molar-refractivity contribution in [3.63, 3.8) is 0 Å². The molecule has 0 saturated carbocycles. The molecule has 0 aliphatic rings. The number of furan rings is 1. The largest absolute Gasteiger partial charge is 0.466 e. The summed E-state index contributed by atoms with van der Waals surface area (Å²) in [6.45, 7) is 5.88. The molecule has 0 spiro atoms. The van der Waals surface area contributed by atoms with Crippen LogP contribution in [-0.4, -0.2) is 18.5 Å². The monoisotopic (exact) mass is 321 g/mol. The lowest BCUT2D eigenvalue weighted by atomic mass is 10.2. The number of carbonyl (C=O) groups excluding carboxylic acids is 2. The first-order chi connectivity index (χ1) is 10.5. The average molecular weight is 321 g/mol. The van der Waals surface area contributed by atoms with E-state index in [2.05, 4.69) is 5.32 Å². The first-order valence-electron chi connectivity index (χ1n) is 7.18. The first-order valence-corrected chi connectivity index (χ1v) is 8.00. The van der Waals surface area contributed by atoms with Crippen LogP contribution in [0.4, 0.5) is 5.00 Å². The maximum atomic E-state index is 12.1. The first kappa shape index (κ1) is 16.3. The number of aryl methyl sites for hydroxylation is 2. The lowest BCUT2D eigenvalue weighted by molar-refractivity contribution is -0.115. The fourth-order valence-corrected chi connectivity index (χ4v) is 2.98. The molecule has 0 aromatic carbocycles. The van der Waals surface area contributed by atoms with E-state index in [4.69, 9.17) is 9.15 Å². The summed E-state index contributed by atoms with van der Waals surface area (Å²) < 4.78 is 10.4. The Hall–Kier alpha value is -2.08. The number of anilines is 1. The van der Waals surface area contributed by atoms with Gasteiger partial charge in [0.15, 0.2) is 0 Å². The molecule has 22 heavy (non-hydrogen) atoms. The molecule has 2 aromatic rings. The highest BCUT2D eigenvalue weighted by atomic mass is 32.1. The number of amides is 1. The SMILES string of the molecule is CCOC(=O)c1cc(CC)sc1NC(=O)Cc1ccc(C)o1. The molecule has 6 heteroatoms. The number of hydrogen-bond acceptors (Lipinski definition) is 5. The maximum absolute atomic E-state index is 12.1. The van der Waals surface area contributed by atoms with Crippen molar-refractivity contribution in [3.05, 3.63) is 40.2 Å². The number of nitrogens with one attached hydrogen (secondary N) is 1. The van der Waals surface area contributed by atoms with Crippen LogP contribution in [0.3, 0.4) is 0 Å². The van der Waals surface area contributed by atoms with Crippen LogP contribution < -0.4 is 5.32 Å². The summed E-state index contributed by atoms with van der Waals surface area (Å²) in [6.07, 6.45) is 0.930. The van der Waals surface area contributed by atoms with Crippen LogP contribution in [0.15, 0.2) is 22.6 Å². The summed E-state index contributed by atoms with van der Waals surface area (Å²) in [5.41, 5.74) is 0.410. The molecule has 118 valence electrons. The van der Waals surface area contributed by atoms with E-state index in [9.17, 15) is 9.59 Å². The zero-order valence-electron chi connectivity index (χ0n) is 12.9. The molecule has 0 radical (unpaired) electrons. The average Bonchev–Trinajstić information content (AvgIpc) is 3.05. The van der Waals surface area contributed by atoms with E-state index in [1.165, 1.54) is 11.3 Å². The Morgan fingerprint density at radius 3 is 2.68 bits per heavy atom. The van der Waals surface area contributed by atoms with Crippen molar-refractivity contribution in [1.82, 2.24) is 0 Å². The Morgan fingerprint density at radius 2 is 2.09 bits per heavy atom. The van der Waals surface area contributed by atoms with Gasteiger partial charge >= 0.3 is 5.97 Å². The molecule has 0 fully saturated rings. The van der Waals surface area contributed by atoms with Gasteiger partial charge in [-0.1, -0.05) is 6.92 Å². The van der Waals surface area contributed by atoms with Gasteiger partial charge < -0.3 is 14.5 Å². The third-order valence-electron chi connectivity index (χ3n) is 3.01. The Morgan fingerprint density at radius 1 is 1.32 bits per heavy atom. The van der Waals surface area contributed by atoms with Crippen LogP contribution in [0.2, 0.25) is 0 Å². The van der Waals surface area contributed by atoms with Crippen molar-refractivity contribution in [2.24, 2.45) is 0 Å². The van der Waals surface area contributed by atoms with E-state index >= 15 is 0 Å². The number of hydrogen-bond donors (Lipinski definition) is 1. The number of thiophene rings is 1. The Kier molecular flexibility index (Phi) is 5.38. The zero-order chi connectivity index (χ0) is 16.1. The molecule has 2 heterocycles. The summed E-state index contributed by atoms with van der Waals surface area (Å²) in [7, 11) is 0. The molecule has 0 saturated heterocycles. The van der Waals surface area contributed by atoms with Gasteiger partial charge in [-0.3, -0.25) is 4.79 Å². The van der Waals surface area contributed by atoms with Crippen LogP contribution in [0.5, 0.6) is 0 Å². The lowest BCUT2D eigenvalue weighted by Gasteiger charge is -2.05. The Labute approximate surface area is 133 Å². The summed E-state index contributed by atoms with van der Waals surface area (Å²) in [5, 5.41) is 3.31. The second-order valence-electron chi connectivity index (χ2n) is 4.77. The molecule has 0 aliphatic carbocycles. The van der Waals surface area contributed by atoms with Gasteiger partial charge in [0.2, 0.25) is 5.91 Å². The molecule has 0 unspecified atom stereocenters. The third kappa shape index (κ3) is 3.98. The van der Waals surface area contributed by atoms with Gasteiger partial charge in [-0.25, -0.2) is 4.79 Å². The predicted octanol–water partition coefficient (Wildman–Crippen LogP) is 3.57. The van der Waals surface area contributed by atoms with Crippen molar-refractivity contribution < 1.29 is 18.7 Å². The third-order valence-corrected chi connectivity index (χ3v) is 4.21. The van der Waals surface area contributed by atoms with E-state index in [1.807, 2.05) is 19.9 Å². The quantitative estimate of drug-likeness (QED) is 0.826. The Balaban J connectivity index is 2.12. The van der Waals surface area contributed by atoms with E-state index in [0.717, 1.165) is 17.1 Å². The molecule has 5 nitrogen and oxygen atoms in total. The standard InChI is InChI=1S/C16H19NO4S/c1-4-12-9-13(16(19)20-5-2)15(22-12)17-14(18)8-11-7-6-10(3)21-11/h6-7,9H,4-5,8H2,1-3H3,(H,17,18). The number of ether oxygens (including phenoxy) is 1. The van der Waals surface area contributed by atoms with Crippen LogP contribution in [-0.2, 0) is 22.4 Å². The molecule has 0 aliphatic heterocycles. The second kappa shape index (κ2) is 7.26. The van der Waals surface area contributed by atoms with Crippen molar-refractivity contribution in [2.75, 3.05) is 11.9 Å². The molecule has 1 N–H and O–H groups in total. The summed E-state index contributed by atoms with van der Waals surface area (Å²) >= 11 is 1.39.